The Morgan fingerprint density at radius 1 is 1.14 bits per heavy atom. The summed E-state index contributed by atoms with van der Waals surface area (Å²) in [6, 6.07) is 11.7. The Morgan fingerprint density at radius 3 is 2.71 bits per heavy atom. The van der Waals surface area contributed by atoms with E-state index in [0.717, 1.165) is 5.82 Å². The van der Waals surface area contributed by atoms with Gasteiger partial charge in [0.25, 0.3) is 0 Å². The Balaban J connectivity index is 2.05. The molecule has 0 amide bonds. The number of hydrogen-bond donors (Lipinski definition) is 1. The molecule has 0 bridgehead atoms. The average Bonchev–Trinajstić information content (AvgIpc) is 2.86. The van der Waals surface area contributed by atoms with Crippen LogP contribution in [0.25, 0.3) is 10.9 Å². The van der Waals surface area contributed by atoms with Gasteiger partial charge in [-0.25, -0.2) is 0 Å². The number of hydrogen-bond acceptors (Lipinski definition) is 1. The van der Waals surface area contributed by atoms with Gasteiger partial charge in [-0.3, -0.25) is 0 Å². The number of aromatic amines is 1. The van der Waals surface area contributed by atoms with Crippen molar-refractivity contribution in [1.29, 1.82) is 0 Å². The van der Waals surface area contributed by atoms with Gasteiger partial charge >= 0.3 is 0 Å². The molecule has 14 heavy (non-hydrogen) atoms. The van der Waals surface area contributed by atoms with Crippen molar-refractivity contribution in [2.75, 3.05) is 18.0 Å². The van der Waals surface area contributed by atoms with Gasteiger partial charge in [-0.1, -0.05) is 18.2 Å². The highest BCUT2D eigenvalue weighted by molar-refractivity contribution is 5.83. The molecule has 2 heteroatoms. The van der Waals surface area contributed by atoms with Crippen LogP contribution in [0.1, 0.15) is 12.8 Å². The molecule has 3 rings (SSSR count). The molecule has 2 nitrogen and oxygen atoms in total. The Morgan fingerprint density at radius 2 is 1.93 bits per heavy atom. The third-order valence-corrected chi connectivity index (χ3v) is 2.86. The molecule has 1 radical (unpaired) electrons. The second kappa shape index (κ2) is 3.05. The maximum absolute atomic E-state index is 3.41. The van der Waals surface area contributed by atoms with E-state index in [-0.39, 0.29) is 0 Å². The molecule has 1 aliphatic rings. The van der Waals surface area contributed by atoms with E-state index in [1.165, 1.54) is 36.8 Å². The molecule has 0 unspecified atom stereocenters. The molecule has 0 atom stereocenters. The fourth-order valence-corrected chi connectivity index (χ4v) is 2.09. The number of rotatable bonds is 1. The van der Waals surface area contributed by atoms with Crippen LogP contribution in [0.3, 0.4) is 0 Å². The first-order valence-corrected chi connectivity index (χ1v) is 5.18. The van der Waals surface area contributed by atoms with E-state index in [2.05, 4.69) is 40.2 Å². The predicted octanol–water partition coefficient (Wildman–Crippen LogP) is 2.57. The topological polar surface area (TPSA) is 19.0 Å². The van der Waals surface area contributed by atoms with Crippen molar-refractivity contribution in [2.45, 2.75) is 12.8 Å². The van der Waals surface area contributed by atoms with Gasteiger partial charge in [-0.05, 0) is 18.9 Å². The number of para-hydroxylation sites is 1. The molecule has 0 aliphatic carbocycles. The van der Waals surface area contributed by atoms with Crippen molar-refractivity contribution in [3.8, 4) is 0 Å². The van der Waals surface area contributed by atoms with E-state index in [4.69, 9.17) is 0 Å². The second-order valence-corrected chi connectivity index (χ2v) is 3.84. The van der Waals surface area contributed by atoms with Crippen LogP contribution < -0.4 is 4.90 Å². The first-order chi connectivity index (χ1) is 6.93. The molecule has 1 fully saturated rings. The number of nitrogens with one attached hydrogen (secondary N) is 1. The number of benzene rings is 1. The lowest BCUT2D eigenvalue weighted by Gasteiger charge is -2.13. The summed E-state index contributed by atoms with van der Waals surface area (Å²) in [7, 11) is 0. The van der Waals surface area contributed by atoms with E-state index in [1.807, 2.05) is 0 Å². The average molecular weight is 185 g/mol. The molecular weight excluding hydrogens is 172 g/mol. The molecule has 1 aliphatic heterocycles. The Bertz CT molecular complexity index is 405. The molecular formula is C12H13N2. The zero-order valence-electron chi connectivity index (χ0n) is 8.09. The summed E-state index contributed by atoms with van der Waals surface area (Å²) >= 11 is 0. The summed E-state index contributed by atoms with van der Waals surface area (Å²) in [6.07, 6.45) is 2.62. The van der Waals surface area contributed by atoms with Crippen LogP contribution in [0, 0.1) is 6.07 Å². The van der Waals surface area contributed by atoms with Crippen molar-refractivity contribution in [3.63, 3.8) is 0 Å². The van der Waals surface area contributed by atoms with Crippen molar-refractivity contribution in [1.82, 2.24) is 4.98 Å². The first-order valence-electron chi connectivity index (χ1n) is 5.18. The molecule has 1 saturated heterocycles. The van der Waals surface area contributed by atoms with E-state index in [9.17, 15) is 0 Å². The highest BCUT2D eigenvalue weighted by Gasteiger charge is 2.14. The van der Waals surface area contributed by atoms with E-state index >= 15 is 0 Å². The Hall–Kier alpha value is -1.44. The van der Waals surface area contributed by atoms with Crippen molar-refractivity contribution >= 4 is 16.7 Å². The Labute approximate surface area is 83.5 Å². The van der Waals surface area contributed by atoms with Gasteiger partial charge in [0.15, 0.2) is 0 Å². The minimum absolute atomic E-state index is 1.16. The fourth-order valence-electron chi connectivity index (χ4n) is 2.09. The van der Waals surface area contributed by atoms with Crippen LogP contribution in [0.15, 0.2) is 24.3 Å². The van der Waals surface area contributed by atoms with Gasteiger partial charge in [0, 0.05) is 30.1 Å². The van der Waals surface area contributed by atoms with Gasteiger partial charge in [-0.15, -0.1) is 0 Å². The standard InChI is InChI=1S/C12H13N2/c1-2-6-11-10(5-1)9-12(13-11)14-7-3-4-8-14/h1-2,5-6,13H,3-4,7-8H2. The van der Waals surface area contributed by atoms with Crippen LogP contribution in [-0.2, 0) is 0 Å². The van der Waals surface area contributed by atoms with Crippen LogP contribution in [0.4, 0.5) is 5.82 Å². The normalized spacial score (nSPS) is 16.7. The summed E-state index contributed by atoms with van der Waals surface area (Å²) in [5.74, 6) is 1.16. The van der Waals surface area contributed by atoms with Crippen LogP contribution in [0.5, 0.6) is 0 Å². The van der Waals surface area contributed by atoms with Crippen LogP contribution >= 0.6 is 0 Å². The lowest BCUT2D eigenvalue weighted by atomic mass is 10.2. The number of anilines is 1. The largest absolute Gasteiger partial charge is 0.358 e. The Kier molecular flexibility index (Phi) is 1.72. The summed E-state index contributed by atoms with van der Waals surface area (Å²) in [5.41, 5.74) is 1.19. The van der Waals surface area contributed by atoms with Crippen molar-refractivity contribution < 1.29 is 0 Å². The molecule has 1 aromatic carbocycles. The third-order valence-electron chi connectivity index (χ3n) is 2.86. The zero-order valence-corrected chi connectivity index (χ0v) is 8.09. The molecule has 71 valence electrons. The molecule has 0 saturated carbocycles. The van der Waals surface area contributed by atoms with Gasteiger partial charge in [0.2, 0.25) is 0 Å². The minimum Gasteiger partial charge on any atom is -0.358 e. The molecule has 1 aromatic heterocycles. The summed E-state index contributed by atoms with van der Waals surface area (Å²) in [6.45, 7) is 2.34. The summed E-state index contributed by atoms with van der Waals surface area (Å²) in [5, 5.41) is 1.19. The molecule has 2 heterocycles. The first kappa shape index (κ1) is 7.92. The highest BCUT2D eigenvalue weighted by Crippen LogP contribution is 2.23. The summed E-state index contributed by atoms with van der Waals surface area (Å²) in [4.78, 5) is 5.78. The fraction of sp³-hybridized carbons (Fsp3) is 0.333. The second-order valence-electron chi connectivity index (χ2n) is 3.84. The number of nitrogens with zero attached hydrogens (tertiary/aromatic N) is 1. The number of fused-ring (bicyclic) bond motifs is 1. The van der Waals surface area contributed by atoms with Crippen LogP contribution in [-0.4, -0.2) is 18.1 Å². The maximum Gasteiger partial charge on any atom is 0.115 e. The lowest BCUT2D eigenvalue weighted by Crippen LogP contribution is -2.17. The monoisotopic (exact) mass is 185 g/mol. The number of H-pyrrole nitrogens is 1. The van der Waals surface area contributed by atoms with Crippen molar-refractivity contribution in [3.05, 3.63) is 30.3 Å². The number of aromatic nitrogens is 1. The molecule has 0 spiro atoms. The van der Waals surface area contributed by atoms with E-state index < -0.39 is 0 Å². The van der Waals surface area contributed by atoms with Crippen molar-refractivity contribution in [2.24, 2.45) is 0 Å². The van der Waals surface area contributed by atoms with Gasteiger partial charge in [-0.2, -0.15) is 0 Å². The zero-order chi connectivity index (χ0) is 9.38. The lowest BCUT2D eigenvalue weighted by molar-refractivity contribution is 0.948. The summed E-state index contributed by atoms with van der Waals surface area (Å²) < 4.78 is 0. The molecule has 1 N–H and O–H groups in total. The van der Waals surface area contributed by atoms with E-state index in [0.29, 0.717) is 0 Å². The quantitative estimate of drug-likeness (QED) is 0.723. The van der Waals surface area contributed by atoms with Gasteiger partial charge in [0.1, 0.15) is 5.82 Å². The van der Waals surface area contributed by atoms with E-state index in [1.54, 1.807) is 0 Å². The molecule has 2 aromatic rings. The maximum atomic E-state index is 3.41. The smallest absolute Gasteiger partial charge is 0.115 e. The van der Waals surface area contributed by atoms with Gasteiger partial charge in [0.05, 0.1) is 0 Å². The predicted molar refractivity (Wildman–Crippen MR) is 58.6 cm³/mol. The minimum atomic E-state index is 1.16. The van der Waals surface area contributed by atoms with Gasteiger partial charge < -0.3 is 9.88 Å². The SMILES string of the molecule is [c]1c(N2CCCC2)[nH]c2ccccc12. The third kappa shape index (κ3) is 1.18. The highest BCUT2D eigenvalue weighted by atomic mass is 15.2. The van der Waals surface area contributed by atoms with Crippen LogP contribution in [0.2, 0.25) is 0 Å².